The zero-order chi connectivity index (χ0) is 19.0. The van der Waals surface area contributed by atoms with Crippen LogP contribution in [0.2, 0.25) is 0 Å². The Kier molecular flexibility index (Phi) is 4.83. The molecule has 0 N–H and O–H groups in total. The molecule has 27 heavy (non-hydrogen) atoms. The Balaban J connectivity index is 1.49. The number of benzene rings is 1. The third kappa shape index (κ3) is 3.41. The molecule has 0 atom stereocenters. The van der Waals surface area contributed by atoms with Crippen LogP contribution < -0.4 is 4.90 Å². The fourth-order valence-electron chi connectivity index (χ4n) is 3.62. The minimum absolute atomic E-state index is 0.154. The summed E-state index contributed by atoms with van der Waals surface area (Å²) in [6.45, 7) is 9.14. The molecule has 0 radical (unpaired) electrons. The molecule has 140 valence electrons. The predicted octanol–water partition coefficient (Wildman–Crippen LogP) is 3.83. The molecular weight excluding hydrogens is 356 g/mol. The van der Waals surface area contributed by atoms with Crippen molar-refractivity contribution in [2.45, 2.75) is 27.2 Å². The number of rotatable bonds is 3. The van der Waals surface area contributed by atoms with Crippen LogP contribution in [-0.4, -0.2) is 47.0 Å². The number of aromatic nitrogens is 2. The van der Waals surface area contributed by atoms with Crippen LogP contribution in [0.3, 0.4) is 0 Å². The number of hydrogen-bond donors (Lipinski definition) is 0. The first-order valence-corrected chi connectivity index (χ1v) is 10.3. The second-order valence-electron chi connectivity index (χ2n) is 6.95. The molecule has 0 unspecified atom stereocenters. The number of carbonyl (C=O) groups excluding carboxylic acids is 1. The number of aryl methyl sites for hydroxylation is 3. The van der Waals surface area contributed by atoms with Gasteiger partial charge in [0.2, 0.25) is 0 Å². The average Bonchev–Trinajstić information content (AvgIpc) is 3.04. The lowest BCUT2D eigenvalue weighted by molar-refractivity contribution is 0.0751. The van der Waals surface area contributed by atoms with Crippen LogP contribution in [0.5, 0.6) is 0 Å². The van der Waals surface area contributed by atoms with E-state index in [2.05, 4.69) is 46.9 Å². The van der Waals surface area contributed by atoms with Gasteiger partial charge in [0.05, 0.1) is 4.88 Å². The molecule has 1 fully saturated rings. The third-order valence-electron chi connectivity index (χ3n) is 5.17. The van der Waals surface area contributed by atoms with Gasteiger partial charge in [-0.2, -0.15) is 0 Å². The molecule has 6 heteroatoms. The number of carbonyl (C=O) groups is 1. The minimum Gasteiger partial charge on any atom is -0.353 e. The van der Waals surface area contributed by atoms with E-state index in [0.29, 0.717) is 0 Å². The van der Waals surface area contributed by atoms with Crippen LogP contribution in [0.4, 0.5) is 5.82 Å². The van der Waals surface area contributed by atoms with E-state index in [1.807, 2.05) is 24.0 Å². The van der Waals surface area contributed by atoms with E-state index in [9.17, 15) is 4.79 Å². The lowest BCUT2D eigenvalue weighted by atomic mass is 10.1. The summed E-state index contributed by atoms with van der Waals surface area (Å²) < 4.78 is 1.18. The maximum Gasteiger partial charge on any atom is 0.264 e. The van der Waals surface area contributed by atoms with Gasteiger partial charge >= 0.3 is 0 Å². The normalized spacial score (nSPS) is 14.8. The minimum atomic E-state index is 0.154. The lowest BCUT2D eigenvalue weighted by Gasteiger charge is -2.35. The van der Waals surface area contributed by atoms with Gasteiger partial charge in [0.1, 0.15) is 11.6 Å². The number of anilines is 1. The molecular formula is C21H24N4OS. The molecule has 0 spiro atoms. The van der Waals surface area contributed by atoms with Crippen molar-refractivity contribution in [3.63, 3.8) is 0 Å². The van der Waals surface area contributed by atoms with Crippen LogP contribution in [0.1, 0.15) is 33.7 Å². The summed E-state index contributed by atoms with van der Waals surface area (Å²) in [5.41, 5.74) is 2.17. The van der Waals surface area contributed by atoms with Crippen LogP contribution in [0, 0.1) is 13.8 Å². The van der Waals surface area contributed by atoms with Crippen molar-refractivity contribution in [1.82, 2.24) is 14.9 Å². The highest BCUT2D eigenvalue weighted by Gasteiger charge is 2.26. The van der Waals surface area contributed by atoms with E-state index < -0.39 is 0 Å². The van der Waals surface area contributed by atoms with Gasteiger partial charge in [0.15, 0.2) is 0 Å². The highest BCUT2D eigenvalue weighted by Crippen LogP contribution is 2.31. The Labute approximate surface area is 163 Å². The Morgan fingerprint density at radius 2 is 1.85 bits per heavy atom. The van der Waals surface area contributed by atoms with Gasteiger partial charge in [0, 0.05) is 42.6 Å². The fourth-order valence-corrected chi connectivity index (χ4v) is 4.79. The smallest absolute Gasteiger partial charge is 0.264 e. The Morgan fingerprint density at radius 1 is 1.11 bits per heavy atom. The van der Waals surface area contributed by atoms with E-state index in [-0.39, 0.29) is 5.91 Å². The zero-order valence-electron chi connectivity index (χ0n) is 16.0. The van der Waals surface area contributed by atoms with Crippen molar-refractivity contribution in [3.05, 3.63) is 52.3 Å². The molecule has 4 rings (SSSR count). The molecule has 1 saturated heterocycles. The molecule has 3 heterocycles. The van der Waals surface area contributed by atoms with Crippen molar-refractivity contribution in [2.75, 3.05) is 31.1 Å². The summed E-state index contributed by atoms with van der Waals surface area (Å²) in [5.74, 6) is 1.94. The van der Waals surface area contributed by atoms with Gasteiger partial charge in [-0.15, -0.1) is 11.3 Å². The molecule has 1 aliphatic heterocycles. The van der Waals surface area contributed by atoms with Gasteiger partial charge in [-0.05, 0) is 37.3 Å². The van der Waals surface area contributed by atoms with E-state index in [1.54, 1.807) is 11.3 Å². The molecule has 0 aliphatic carbocycles. The van der Waals surface area contributed by atoms with Crippen molar-refractivity contribution in [3.8, 4) is 0 Å². The van der Waals surface area contributed by atoms with E-state index in [1.165, 1.54) is 10.1 Å². The maximum atomic E-state index is 13.1. The lowest BCUT2D eigenvalue weighted by Crippen LogP contribution is -2.49. The Morgan fingerprint density at radius 3 is 2.56 bits per heavy atom. The number of piperazine rings is 1. The summed E-state index contributed by atoms with van der Waals surface area (Å²) in [7, 11) is 0. The fraction of sp³-hybridized carbons (Fsp3) is 0.381. The standard InChI is InChI=1S/C21H24N4OS/c1-4-16-13-19(23-15(3)22-16)24-9-11-25(12-10-24)21(26)20-14(2)17-7-5-6-8-18(17)27-20/h5-8,13H,4,9-12H2,1-3H3. The third-order valence-corrected chi connectivity index (χ3v) is 6.43. The van der Waals surface area contributed by atoms with Gasteiger partial charge in [-0.3, -0.25) is 4.79 Å². The largest absolute Gasteiger partial charge is 0.353 e. The van der Waals surface area contributed by atoms with E-state index in [0.717, 1.165) is 60.4 Å². The average molecular weight is 381 g/mol. The molecule has 3 aromatic rings. The van der Waals surface area contributed by atoms with E-state index >= 15 is 0 Å². The summed E-state index contributed by atoms with van der Waals surface area (Å²) in [6, 6.07) is 10.3. The first kappa shape index (κ1) is 17.9. The molecule has 2 aromatic heterocycles. The van der Waals surface area contributed by atoms with Crippen LogP contribution in [-0.2, 0) is 6.42 Å². The highest BCUT2D eigenvalue weighted by atomic mass is 32.1. The van der Waals surface area contributed by atoms with Crippen LogP contribution in [0.25, 0.3) is 10.1 Å². The number of hydrogen-bond acceptors (Lipinski definition) is 5. The molecule has 0 saturated carbocycles. The van der Waals surface area contributed by atoms with Gasteiger partial charge in [0.25, 0.3) is 5.91 Å². The predicted molar refractivity (Wildman–Crippen MR) is 111 cm³/mol. The highest BCUT2D eigenvalue weighted by molar-refractivity contribution is 7.21. The van der Waals surface area contributed by atoms with Crippen molar-refractivity contribution >= 4 is 33.1 Å². The maximum absolute atomic E-state index is 13.1. The molecule has 1 aromatic carbocycles. The Bertz CT molecular complexity index is 989. The molecule has 0 bridgehead atoms. The monoisotopic (exact) mass is 380 g/mol. The van der Waals surface area contributed by atoms with Crippen molar-refractivity contribution in [1.29, 1.82) is 0 Å². The topological polar surface area (TPSA) is 49.3 Å². The quantitative estimate of drug-likeness (QED) is 0.693. The summed E-state index contributed by atoms with van der Waals surface area (Å²) in [6.07, 6.45) is 0.903. The number of amides is 1. The van der Waals surface area contributed by atoms with Gasteiger partial charge < -0.3 is 9.80 Å². The van der Waals surface area contributed by atoms with Gasteiger partial charge in [-0.25, -0.2) is 9.97 Å². The summed E-state index contributed by atoms with van der Waals surface area (Å²) in [4.78, 5) is 27.2. The SMILES string of the molecule is CCc1cc(N2CCN(C(=O)c3sc4ccccc4c3C)CC2)nc(C)n1. The van der Waals surface area contributed by atoms with Crippen molar-refractivity contribution < 1.29 is 4.79 Å². The van der Waals surface area contributed by atoms with E-state index in [4.69, 9.17) is 0 Å². The molecule has 1 aliphatic rings. The second-order valence-corrected chi connectivity index (χ2v) is 8.00. The molecule has 5 nitrogen and oxygen atoms in total. The molecule has 1 amide bonds. The second kappa shape index (κ2) is 7.27. The van der Waals surface area contributed by atoms with Gasteiger partial charge in [-0.1, -0.05) is 25.1 Å². The first-order valence-electron chi connectivity index (χ1n) is 9.43. The first-order chi connectivity index (χ1) is 13.1. The number of nitrogens with zero attached hydrogens (tertiary/aromatic N) is 4. The Hall–Kier alpha value is -2.47. The zero-order valence-corrected chi connectivity index (χ0v) is 16.8. The summed E-state index contributed by atoms with van der Waals surface area (Å²) in [5, 5.41) is 1.19. The number of thiophene rings is 1. The van der Waals surface area contributed by atoms with Crippen molar-refractivity contribution in [2.24, 2.45) is 0 Å². The van der Waals surface area contributed by atoms with Crippen LogP contribution >= 0.6 is 11.3 Å². The number of fused-ring (bicyclic) bond motifs is 1. The van der Waals surface area contributed by atoms with Crippen LogP contribution in [0.15, 0.2) is 30.3 Å². The summed E-state index contributed by atoms with van der Waals surface area (Å²) >= 11 is 1.60.